The molecule has 0 saturated heterocycles. The van der Waals surface area contributed by atoms with Crippen LogP contribution in [0.4, 0.5) is 0 Å². The summed E-state index contributed by atoms with van der Waals surface area (Å²) in [5, 5.41) is 0. The Kier molecular flexibility index (Phi) is 2.78. The molecule has 0 bridgehead atoms. The first-order valence-electron chi connectivity index (χ1n) is 4.54. The highest BCUT2D eigenvalue weighted by Gasteiger charge is 2.02. The molecule has 0 atom stereocenters. The maximum atomic E-state index is 10.2. The van der Waals surface area contributed by atoms with Crippen LogP contribution in [0, 0.1) is 0 Å². The van der Waals surface area contributed by atoms with E-state index < -0.39 is 0 Å². The Balaban J connectivity index is 2.17. The topological polar surface area (TPSA) is 44.1 Å². The van der Waals surface area contributed by atoms with E-state index in [0.29, 0.717) is 18.9 Å². The molecular formula is C11H10N2O2. The van der Waals surface area contributed by atoms with Crippen molar-refractivity contribution in [1.82, 2.24) is 9.55 Å². The molecule has 0 amide bonds. The number of ether oxygens (including phenoxy) is 1. The molecule has 0 radical (unpaired) electrons. The highest BCUT2D eigenvalue weighted by atomic mass is 16.5. The predicted octanol–water partition coefficient (Wildman–Crippen LogP) is 1.47. The maximum absolute atomic E-state index is 10.2. The van der Waals surface area contributed by atoms with Gasteiger partial charge in [0.15, 0.2) is 0 Å². The van der Waals surface area contributed by atoms with E-state index in [1.54, 1.807) is 10.9 Å². The summed E-state index contributed by atoms with van der Waals surface area (Å²) in [7, 11) is 0. The van der Waals surface area contributed by atoms with Crippen molar-refractivity contribution in [2.45, 2.75) is 6.54 Å². The van der Waals surface area contributed by atoms with Crippen molar-refractivity contribution < 1.29 is 9.53 Å². The highest BCUT2D eigenvalue weighted by molar-refractivity contribution is 5.42. The van der Waals surface area contributed by atoms with E-state index >= 15 is 0 Å². The Labute approximate surface area is 87.1 Å². The molecule has 0 saturated carbocycles. The van der Waals surface area contributed by atoms with Crippen LogP contribution in [0.25, 0.3) is 0 Å². The summed E-state index contributed by atoms with van der Waals surface area (Å²) in [6.45, 7) is 1.04. The number of aromatic nitrogens is 2. The van der Waals surface area contributed by atoms with Crippen LogP contribution in [0.3, 0.4) is 0 Å². The molecule has 1 aromatic heterocycles. The van der Waals surface area contributed by atoms with Crippen LogP contribution >= 0.6 is 0 Å². The first-order valence-corrected chi connectivity index (χ1v) is 4.54. The monoisotopic (exact) mass is 202 g/mol. The van der Waals surface area contributed by atoms with Gasteiger partial charge in [0.05, 0.1) is 19.1 Å². The van der Waals surface area contributed by atoms with Crippen LogP contribution in [0.2, 0.25) is 0 Å². The van der Waals surface area contributed by atoms with Gasteiger partial charge in [0.2, 0.25) is 5.88 Å². The molecule has 0 aliphatic rings. The highest BCUT2D eigenvalue weighted by Crippen LogP contribution is 2.11. The van der Waals surface area contributed by atoms with Crippen molar-refractivity contribution in [2.24, 2.45) is 0 Å². The zero-order valence-electron chi connectivity index (χ0n) is 8.04. The molecule has 0 spiro atoms. The number of carbonyl (C=O) groups excluding carboxylic acids is 1. The quantitative estimate of drug-likeness (QED) is 0.705. The van der Waals surface area contributed by atoms with Crippen molar-refractivity contribution in [3.05, 3.63) is 48.4 Å². The lowest BCUT2D eigenvalue weighted by atomic mass is 10.2. The molecule has 4 nitrogen and oxygen atoms in total. The molecule has 2 rings (SSSR count). The molecule has 0 N–H and O–H groups in total. The second kappa shape index (κ2) is 4.41. The molecule has 0 aliphatic heterocycles. The summed E-state index contributed by atoms with van der Waals surface area (Å²) < 4.78 is 6.54. The zero-order valence-corrected chi connectivity index (χ0v) is 8.04. The van der Waals surface area contributed by atoms with Gasteiger partial charge < -0.3 is 4.74 Å². The third kappa shape index (κ3) is 2.22. The average molecular weight is 202 g/mol. The summed E-state index contributed by atoms with van der Waals surface area (Å²) >= 11 is 0. The van der Waals surface area contributed by atoms with Crippen molar-refractivity contribution in [1.29, 1.82) is 0 Å². The van der Waals surface area contributed by atoms with E-state index in [9.17, 15) is 4.79 Å². The van der Waals surface area contributed by atoms with Crippen molar-refractivity contribution >= 4 is 6.47 Å². The van der Waals surface area contributed by atoms with Crippen LogP contribution in [0.15, 0.2) is 42.9 Å². The lowest BCUT2D eigenvalue weighted by Crippen LogP contribution is -2.02. The molecule has 0 aliphatic carbocycles. The summed E-state index contributed by atoms with van der Waals surface area (Å²) in [5.74, 6) is 0.453. The second-order valence-corrected chi connectivity index (χ2v) is 3.06. The first kappa shape index (κ1) is 9.45. The molecule has 0 fully saturated rings. The Bertz CT molecular complexity index is 437. The standard InChI is InChI=1S/C11H10N2O2/c14-9-15-11-6-12-8-13(11)7-10-4-2-1-3-5-10/h1-6,8-9H,7H2. The van der Waals surface area contributed by atoms with Gasteiger partial charge in [0, 0.05) is 0 Å². The van der Waals surface area contributed by atoms with Gasteiger partial charge in [-0.2, -0.15) is 0 Å². The first-order chi connectivity index (χ1) is 7.40. The van der Waals surface area contributed by atoms with E-state index in [2.05, 4.69) is 4.98 Å². The SMILES string of the molecule is O=COc1cncn1Cc1ccccc1. The van der Waals surface area contributed by atoms with Gasteiger partial charge in [-0.15, -0.1) is 0 Å². The van der Waals surface area contributed by atoms with E-state index in [1.807, 2.05) is 30.3 Å². The molecular weight excluding hydrogens is 192 g/mol. The van der Waals surface area contributed by atoms with Gasteiger partial charge >= 0.3 is 0 Å². The minimum Gasteiger partial charge on any atom is -0.410 e. The Morgan fingerprint density at radius 2 is 2.13 bits per heavy atom. The van der Waals surface area contributed by atoms with Gasteiger partial charge in [-0.1, -0.05) is 30.3 Å². The van der Waals surface area contributed by atoms with Gasteiger partial charge in [-0.05, 0) is 5.56 Å². The number of hydrogen-bond acceptors (Lipinski definition) is 3. The van der Waals surface area contributed by atoms with Crippen LogP contribution in [-0.4, -0.2) is 16.0 Å². The van der Waals surface area contributed by atoms with E-state index in [-0.39, 0.29) is 0 Å². The number of hydrogen-bond donors (Lipinski definition) is 0. The lowest BCUT2D eigenvalue weighted by molar-refractivity contribution is -0.121. The zero-order chi connectivity index (χ0) is 10.5. The molecule has 76 valence electrons. The van der Waals surface area contributed by atoms with Gasteiger partial charge in [0.25, 0.3) is 6.47 Å². The van der Waals surface area contributed by atoms with E-state index in [4.69, 9.17) is 4.74 Å². The van der Waals surface area contributed by atoms with Crippen molar-refractivity contribution in [3.8, 4) is 5.88 Å². The Morgan fingerprint density at radius 1 is 1.33 bits per heavy atom. The number of benzene rings is 1. The van der Waals surface area contributed by atoms with Gasteiger partial charge in [-0.3, -0.25) is 9.36 Å². The number of imidazole rings is 1. The van der Waals surface area contributed by atoms with Crippen molar-refractivity contribution in [3.63, 3.8) is 0 Å². The van der Waals surface area contributed by atoms with Crippen LogP contribution < -0.4 is 4.74 Å². The summed E-state index contributed by atoms with van der Waals surface area (Å²) in [6, 6.07) is 9.90. The third-order valence-electron chi connectivity index (χ3n) is 2.04. The van der Waals surface area contributed by atoms with E-state index in [0.717, 1.165) is 5.56 Å². The van der Waals surface area contributed by atoms with Gasteiger partial charge in [0.1, 0.15) is 0 Å². The second-order valence-electron chi connectivity index (χ2n) is 3.06. The fraction of sp³-hybridized carbons (Fsp3) is 0.0909. The summed E-state index contributed by atoms with van der Waals surface area (Å²) in [4.78, 5) is 14.1. The van der Waals surface area contributed by atoms with Crippen LogP contribution in [-0.2, 0) is 11.3 Å². The summed E-state index contributed by atoms with van der Waals surface area (Å²) in [6.07, 6.45) is 3.14. The molecule has 0 unspecified atom stereocenters. The summed E-state index contributed by atoms with van der Waals surface area (Å²) in [5.41, 5.74) is 1.13. The average Bonchev–Trinajstić information content (AvgIpc) is 2.68. The third-order valence-corrected chi connectivity index (χ3v) is 2.04. The minimum absolute atomic E-state index is 0.401. The smallest absolute Gasteiger partial charge is 0.299 e. The van der Waals surface area contributed by atoms with Gasteiger partial charge in [-0.25, -0.2) is 4.98 Å². The molecule has 1 aromatic carbocycles. The minimum atomic E-state index is 0.401. The predicted molar refractivity (Wildman–Crippen MR) is 54.5 cm³/mol. The number of carbonyl (C=O) groups is 1. The maximum Gasteiger partial charge on any atom is 0.299 e. The van der Waals surface area contributed by atoms with Crippen molar-refractivity contribution in [2.75, 3.05) is 0 Å². The molecule has 1 heterocycles. The number of nitrogens with zero attached hydrogens (tertiary/aromatic N) is 2. The lowest BCUT2D eigenvalue weighted by Gasteiger charge is -2.05. The Hall–Kier alpha value is -2.10. The fourth-order valence-electron chi connectivity index (χ4n) is 1.35. The molecule has 15 heavy (non-hydrogen) atoms. The normalized spacial score (nSPS) is 9.87. The van der Waals surface area contributed by atoms with Crippen LogP contribution in [0.1, 0.15) is 5.56 Å². The largest absolute Gasteiger partial charge is 0.410 e. The molecule has 4 heteroatoms. The Morgan fingerprint density at radius 3 is 2.87 bits per heavy atom. The van der Waals surface area contributed by atoms with E-state index in [1.165, 1.54) is 6.20 Å². The fourth-order valence-corrected chi connectivity index (χ4v) is 1.35. The number of rotatable bonds is 4. The molecule has 2 aromatic rings. The van der Waals surface area contributed by atoms with Crippen LogP contribution in [0.5, 0.6) is 5.88 Å².